The molecule has 0 bridgehead atoms. The molecule has 0 spiro atoms. The molecule has 2 aromatic rings. The molecule has 2 aliphatic carbocycles. The van der Waals surface area contributed by atoms with Crippen LogP contribution in [0.25, 0.3) is 11.0 Å². The van der Waals surface area contributed by atoms with E-state index < -0.39 is 0 Å². The summed E-state index contributed by atoms with van der Waals surface area (Å²) in [5.74, 6) is 0.210. The minimum Gasteiger partial charge on any atom is -0.506 e. The zero-order chi connectivity index (χ0) is 18.2. The lowest BCUT2D eigenvalue weighted by Crippen LogP contribution is -2.10. The maximum Gasteiger partial charge on any atom is 0.144 e. The summed E-state index contributed by atoms with van der Waals surface area (Å²) in [6, 6.07) is 9.20. The average Bonchev–Trinajstić information content (AvgIpc) is 3.06. The Morgan fingerprint density at radius 1 is 0.962 bits per heavy atom. The van der Waals surface area contributed by atoms with E-state index in [4.69, 9.17) is 0 Å². The second kappa shape index (κ2) is 10.0. The first-order valence-corrected chi connectivity index (χ1v) is 10.5. The fourth-order valence-electron chi connectivity index (χ4n) is 3.54. The van der Waals surface area contributed by atoms with Crippen LogP contribution in [0.4, 0.5) is 0 Å². The molecule has 1 N–H and O–H groups in total. The molecule has 1 heterocycles. The van der Waals surface area contributed by atoms with Crippen molar-refractivity contribution in [2.24, 2.45) is 9.98 Å². The molecule has 4 rings (SSSR count). The standard InChI is InChI=1S/C13H22N2.C6H4IN3O/c1-3-7-12(8-4-1)14-11-15-13-9-5-2-6-10-13;7-10-6-4(8-9-10)2-1-3-5(6)11/h12-13H,1-10H2;1-3,11H. The number of aliphatic imine (C=N–C) groups is 2. The fourth-order valence-corrected chi connectivity index (χ4v) is 4.13. The zero-order valence-electron chi connectivity index (χ0n) is 15.0. The van der Waals surface area contributed by atoms with Crippen molar-refractivity contribution in [2.75, 3.05) is 0 Å². The van der Waals surface area contributed by atoms with Gasteiger partial charge in [-0.3, -0.25) is 0 Å². The number of benzene rings is 1. The SMILES string of the molecule is C(=NC1CCCCC1)=NC1CCCCC1.Oc1cccc2nnn(I)c12. The summed E-state index contributed by atoms with van der Waals surface area (Å²) in [5.41, 5.74) is 1.37. The van der Waals surface area contributed by atoms with Crippen molar-refractivity contribution in [3.63, 3.8) is 0 Å². The molecule has 0 aliphatic heterocycles. The minimum atomic E-state index is 0.210. The van der Waals surface area contributed by atoms with E-state index in [9.17, 15) is 5.11 Å². The van der Waals surface area contributed by atoms with Crippen molar-refractivity contribution in [2.45, 2.75) is 76.3 Å². The van der Waals surface area contributed by atoms with Crippen molar-refractivity contribution in [3.8, 4) is 5.75 Å². The van der Waals surface area contributed by atoms with Crippen molar-refractivity contribution in [1.82, 2.24) is 13.2 Å². The van der Waals surface area contributed by atoms with Gasteiger partial charge in [0.1, 0.15) is 16.8 Å². The van der Waals surface area contributed by atoms with Crippen LogP contribution in [-0.2, 0) is 0 Å². The van der Waals surface area contributed by atoms with E-state index in [1.54, 1.807) is 18.2 Å². The molecule has 1 aromatic carbocycles. The number of aromatic hydroxyl groups is 1. The van der Waals surface area contributed by atoms with Gasteiger partial charge in [0.15, 0.2) is 0 Å². The number of phenols is 1. The van der Waals surface area contributed by atoms with Crippen molar-refractivity contribution < 1.29 is 5.11 Å². The number of phenolic OH excluding ortho intramolecular Hbond substituents is 1. The summed E-state index contributed by atoms with van der Waals surface area (Å²) in [6.07, 6.45) is 13.2. The number of hydrogen-bond acceptors (Lipinski definition) is 5. The van der Waals surface area contributed by atoms with Crippen LogP contribution < -0.4 is 0 Å². The van der Waals surface area contributed by atoms with Gasteiger partial charge in [0.2, 0.25) is 0 Å². The molecule has 7 heteroatoms. The van der Waals surface area contributed by atoms with E-state index in [1.807, 2.05) is 22.9 Å². The molecule has 2 saturated carbocycles. The molecule has 0 atom stereocenters. The number of para-hydroxylation sites is 1. The molecule has 26 heavy (non-hydrogen) atoms. The predicted octanol–water partition coefficient (Wildman–Crippen LogP) is 5.16. The van der Waals surface area contributed by atoms with Crippen molar-refractivity contribution in [3.05, 3.63) is 18.2 Å². The maximum atomic E-state index is 9.34. The number of rotatable bonds is 2. The first-order valence-electron chi connectivity index (χ1n) is 9.58. The topological polar surface area (TPSA) is 75.7 Å². The molecule has 0 unspecified atom stereocenters. The number of aromatic nitrogens is 3. The Morgan fingerprint density at radius 2 is 1.54 bits per heavy atom. The van der Waals surface area contributed by atoms with Gasteiger partial charge in [0, 0.05) is 0 Å². The summed E-state index contributed by atoms with van der Waals surface area (Å²) < 4.78 is 1.52. The molecule has 140 valence electrons. The lowest BCUT2D eigenvalue weighted by molar-refractivity contribution is 0.438. The third-order valence-electron chi connectivity index (χ3n) is 5.04. The highest BCUT2D eigenvalue weighted by Crippen LogP contribution is 2.23. The number of fused-ring (bicyclic) bond motifs is 1. The van der Waals surface area contributed by atoms with Gasteiger partial charge in [0.05, 0.1) is 41.0 Å². The van der Waals surface area contributed by atoms with E-state index in [1.165, 1.54) is 67.1 Å². The first kappa shape index (κ1) is 19.3. The number of hydrogen-bond donors (Lipinski definition) is 1. The smallest absolute Gasteiger partial charge is 0.144 e. The van der Waals surface area contributed by atoms with Crippen LogP contribution in [-0.4, -0.2) is 36.4 Å². The Kier molecular flexibility index (Phi) is 7.43. The van der Waals surface area contributed by atoms with Crippen molar-refractivity contribution in [1.29, 1.82) is 0 Å². The molecule has 0 radical (unpaired) electrons. The molecule has 0 amide bonds. The lowest BCUT2D eigenvalue weighted by atomic mass is 9.96. The van der Waals surface area contributed by atoms with E-state index >= 15 is 0 Å². The summed E-state index contributed by atoms with van der Waals surface area (Å²) in [7, 11) is 0. The van der Waals surface area contributed by atoms with Crippen LogP contribution in [0.2, 0.25) is 0 Å². The number of nitrogens with zero attached hydrogens (tertiary/aromatic N) is 5. The second-order valence-electron chi connectivity index (χ2n) is 7.04. The van der Waals surface area contributed by atoms with Gasteiger partial charge in [-0.25, -0.2) is 9.98 Å². The zero-order valence-corrected chi connectivity index (χ0v) is 17.2. The maximum absolute atomic E-state index is 9.34. The molecular formula is C19H26IN5O. The highest BCUT2D eigenvalue weighted by molar-refractivity contribution is 14.1. The Morgan fingerprint density at radius 3 is 2.08 bits per heavy atom. The van der Waals surface area contributed by atoms with Crippen LogP contribution in [0, 0.1) is 0 Å². The summed E-state index contributed by atoms with van der Waals surface area (Å²) in [4.78, 5) is 8.92. The van der Waals surface area contributed by atoms with Gasteiger partial charge >= 0.3 is 0 Å². The summed E-state index contributed by atoms with van der Waals surface area (Å²) in [5, 5.41) is 16.9. The van der Waals surface area contributed by atoms with Crippen molar-refractivity contribution >= 4 is 39.9 Å². The minimum absolute atomic E-state index is 0.210. The van der Waals surface area contributed by atoms with Gasteiger partial charge in [0.25, 0.3) is 0 Å². The van der Waals surface area contributed by atoms with Gasteiger partial charge in [-0.2, -0.15) is 2.90 Å². The van der Waals surface area contributed by atoms with Crippen LogP contribution >= 0.6 is 22.9 Å². The Bertz CT molecular complexity index is 734. The van der Waals surface area contributed by atoms with Gasteiger partial charge in [-0.1, -0.05) is 49.8 Å². The monoisotopic (exact) mass is 467 g/mol. The van der Waals surface area contributed by atoms with Crippen LogP contribution in [0.1, 0.15) is 64.2 Å². The van der Waals surface area contributed by atoms with Crippen LogP contribution in [0.15, 0.2) is 28.2 Å². The third-order valence-corrected chi connectivity index (χ3v) is 5.71. The lowest BCUT2D eigenvalue weighted by Gasteiger charge is -2.17. The van der Waals surface area contributed by atoms with Gasteiger partial charge < -0.3 is 5.11 Å². The Balaban J connectivity index is 0.000000158. The molecule has 2 aliphatic rings. The second-order valence-corrected chi connectivity index (χ2v) is 7.95. The molecule has 1 aromatic heterocycles. The molecule has 2 fully saturated rings. The Hall–Kier alpha value is -1.47. The fraction of sp³-hybridized carbons (Fsp3) is 0.632. The normalized spacial score (nSPS) is 18.7. The highest BCUT2D eigenvalue weighted by atomic mass is 127. The molecular weight excluding hydrogens is 441 g/mol. The van der Waals surface area contributed by atoms with E-state index in [0.29, 0.717) is 23.1 Å². The highest BCUT2D eigenvalue weighted by Gasteiger charge is 2.12. The summed E-state index contributed by atoms with van der Waals surface area (Å²) >= 11 is 1.96. The van der Waals surface area contributed by atoms with E-state index in [2.05, 4.69) is 26.3 Å². The predicted molar refractivity (Wildman–Crippen MR) is 112 cm³/mol. The number of halogens is 1. The Labute approximate surface area is 168 Å². The average molecular weight is 467 g/mol. The van der Waals surface area contributed by atoms with E-state index in [0.717, 1.165) is 0 Å². The molecule has 0 saturated heterocycles. The quantitative estimate of drug-likeness (QED) is 0.490. The molecule has 6 nitrogen and oxygen atoms in total. The van der Waals surface area contributed by atoms with Crippen LogP contribution in [0.3, 0.4) is 0 Å². The van der Waals surface area contributed by atoms with Gasteiger partial charge in [-0.15, -0.1) is 5.10 Å². The van der Waals surface area contributed by atoms with Gasteiger partial charge in [-0.05, 0) is 37.8 Å². The van der Waals surface area contributed by atoms with Crippen LogP contribution in [0.5, 0.6) is 5.75 Å². The van der Waals surface area contributed by atoms with E-state index in [-0.39, 0.29) is 5.75 Å². The first-order chi connectivity index (χ1) is 12.7. The third kappa shape index (κ3) is 5.51. The summed E-state index contributed by atoms with van der Waals surface area (Å²) in [6.45, 7) is 0. The largest absolute Gasteiger partial charge is 0.506 e.